The van der Waals surface area contributed by atoms with E-state index in [0.717, 1.165) is 23.5 Å². The van der Waals surface area contributed by atoms with Gasteiger partial charge in [0.25, 0.3) is 0 Å². The van der Waals surface area contributed by atoms with Crippen molar-refractivity contribution in [3.05, 3.63) is 11.6 Å². The van der Waals surface area contributed by atoms with Crippen LogP contribution in [0.25, 0.3) is 0 Å². The standard InChI is InChI=1S/C13H22ClN/c1-11(14)9-15(10-12-7-8-12)13-5-3-2-4-6-13/h12-13H,1-10H2. The van der Waals surface area contributed by atoms with Crippen LogP contribution in [0.15, 0.2) is 11.6 Å². The summed E-state index contributed by atoms with van der Waals surface area (Å²) in [6, 6.07) is 0.787. The second-order valence-corrected chi connectivity index (χ2v) is 5.72. The van der Waals surface area contributed by atoms with E-state index in [1.165, 1.54) is 51.5 Å². The van der Waals surface area contributed by atoms with Gasteiger partial charge in [-0.25, -0.2) is 0 Å². The maximum Gasteiger partial charge on any atom is 0.0338 e. The van der Waals surface area contributed by atoms with E-state index in [1.807, 2.05) is 0 Å². The molecule has 1 nitrogen and oxygen atoms in total. The predicted molar refractivity (Wildman–Crippen MR) is 66.2 cm³/mol. The van der Waals surface area contributed by atoms with Gasteiger partial charge in [0.15, 0.2) is 0 Å². The maximum absolute atomic E-state index is 5.96. The van der Waals surface area contributed by atoms with Crippen LogP contribution in [0.5, 0.6) is 0 Å². The van der Waals surface area contributed by atoms with Crippen LogP contribution in [-0.2, 0) is 0 Å². The third kappa shape index (κ3) is 3.81. The maximum atomic E-state index is 5.96. The molecule has 2 aliphatic rings. The number of hydrogen-bond acceptors (Lipinski definition) is 1. The zero-order valence-electron chi connectivity index (χ0n) is 9.55. The van der Waals surface area contributed by atoms with E-state index in [9.17, 15) is 0 Å². The van der Waals surface area contributed by atoms with Crippen LogP contribution >= 0.6 is 11.6 Å². The van der Waals surface area contributed by atoms with Gasteiger partial charge in [-0.15, -0.1) is 0 Å². The van der Waals surface area contributed by atoms with Gasteiger partial charge in [-0.3, -0.25) is 4.90 Å². The fourth-order valence-electron chi connectivity index (χ4n) is 2.64. The molecule has 0 unspecified atom stereocenters. The van der Waals surface area contributed by atoms with E-state index in [0.29, 0.717) is 0 Å². The summed E-state index contributed by atoms with van der Waals surface area (Å²) >= 11 is 5.96. The first-order valence-corrected chi connectivity index (χ1v) is 6.71. The Kier molecular flexibility index (Phi) is 4.10. The Labute approximate surface area is 98.5 Å². The lowest BCUT2D eigenvalue weighted by Crippen LogP contribution is -2.39. The molecule has 0 amide bonds. The average molecular weight is 228 g/mol. The lowest BCUT2D eigenvalue weighted by Gasteiger charge is -2.34. The average Bonchev–Trinajstić information content (AvgIpc) is 3.01. The van der Waals surface area contributed by atoms with Gasteiger partial charge in [-0.05, 0) is 31.6 Å². The van der Waals surface area contributed by atoms with Crippen molar-refractivity contribution in [2.45, 2.75) is 51.0 Å². The molecule has 0 aliphatic heterocycles. The van der Waals surface area contributed by atoms with E-state index in [4.69, 9.17) is 11.6 Å². The fourth-order valence-corrected chi connectivity index (χ4v) is 2.79. The Morgan fingerprint density at radius 2 is 1.80 bits per heavy atom. The summed E-state index contributed by atoms with van der Waals surface area (Å²) in [6.07, 6.45) is 9.83. The van der Waals surface area contributed by atoms with Gasteiger partial charge < -0.3 is 0 Å². The molecule has 2 rings (SSSR count). The molecular weight excluding hydrogens is 206 g/mol. The van der Waals surface area contributed by atoms with Crippen molar-refractivity contribution in [2.24, 2.45) is 5.92 Å². The van der Waals surface area contributed by atoms with Crippen LogP contribution in [-0.4, -0.2) is 24.0 Å². The minimum absolute atomic E-state index is 0.787. The summed E-state index contributed by atoms with van der Waals surface area (Å²) < 4.78 is 0. The second kappa shape index (κ2) is 5.36. The van der Waals surface area contributed by atoms with Crippen LogP contribution in [0.1, 0.15) is 44.9 Å². The van der Waals surface area contributed by atoms with E-state index in [-0.39, 0.29) is 0 Å². The van der Waals surface area contributed by atoms with Crippen molar-refractivity contribution in [3.63, 3.8) is 0 Å². The summed E-state index contributed by atoms with van der Waals surface area (Å²) in [5, 5.41) is 0.807. The van der Waals surface area contributed by atoms with Gasteiger partial charge in [0.2, 0.25) is 0 Å². The molecule has 86 valence electrons. The topological polar surface area (TPSA) is 3.24 Å². The summed E-state index contributed by atoms with van der Waals surface area (Å²) in [4.78, 5) is 2.59. The number of halogens is 1. The molecule has 0 aromatic rings. The second-order valence-electron chi connectivity index (χ2n) is 5.18. The molecule has 0 heterocycles. The highest BCUT2D eigenvalue weighted by molar-refractivity contribution is 6.29. The highest BCUT2D eigenvalue weighted by Crippen LogP contribution is 2.32. The lowest BCUT2D eigenvalue weighted by molar-refractivity contribution is 0.164. The summed E-state index contributed by atoms with van der Waals surface area (Å²) in [6.45, 7) is 6.01. The molecule has 2 heteroatoms. The summed E-state index contributed by atoms with van der Waals surface area (Å²) in [5.41, 5.74) is 0. The zero-order chi connectivity index (χ0) is 10.7. The predicted octanol–water partition coefficient (Wildman–Crippen LogP) is 3.78. The quantitative estimate of drug-likeness (QED) is 0.691. The first kappa shape index (κ1) is 11.5. The molecule has 0 radical (unpaired) electrons. The number of hydrogen-bond donors (Lipinski definition) is 0. The Morgan fingerprint density at radius 1 is 1.13 bits per heavy atom. The van der Waals surface area contributed by atoms with Crippen LogP contribution in [0.4, 0.5) is 0 Å². The molecule has 0 spiro atoms. The molecule has 2 saturated carbocycles. The van der Waals surface area contributed by atoms with Crippen LogP contribution < -0.4 is 0 Å². The third-order valence-electron chi connectivity index (χ3n) is 3.66. The normalized spacial score (nSPS) is 23.3. The highest BCUT2D eigenvalue weighted by atomic mass is 35.5. The van der Waals surface area contributed by atoms with E-state index in [1.54, 1.807) is 0 Å². The molecular formula is C13H22ClN. The first-order valence-electron chi connectivity index (χ1n) is 6.33. The molecule has 2 fully saturated rings. The van der Waals surface area contributed by atoms with Gasteiger partial charge >= 0.3 is 0 Å². The van der Waals surface area contributed by atoms with Gasteiger partial charge in [0.05, 0.1) is 0 Å². The molecule has 0 atom stereocenters. The van der Waals surface area contributed by atoms with Gasteiger partial charge in [-0.1, -0.05) is 37.4 Å². The Balaban J connectivity index is 1.86. The van der Waals surface area contributed by atoms with Gasteiger partial charge in [0, 0.05) is 24.2 Å². The van der Waals surface area contributed by atoms with Crippen molar-refractivity contribution in [1.29, 1.82) is 0 Å². The summed E-state index contributed by atoms with van der Waals surface area (Å²) in [7, 11) is 0. The zero-order valence-corrected chi connectivity index (χ0v) is 10.3. The van der Waals surface area contributed by atoms with Crippen molar-refractivity contribution in [2.75, 3.05) is 13.1 Å². The monoisotopic (exact) mass is 227 g/mol. The van der Waals surface area contributed by atoms with E-state index >= 15 is 0 Å². The van der Waals surface area contributed by atoms with Crippen molar-refractivity contribution in [3.8, 4) is 0 Å². The molecule has 0 N–H and O–H groups in total. The van der Waals surface area contributed by atoms with Crippen LogP contribution in [0.2, 0.25) is 0 Å². The molecule has 0 saturated heterocycles. The van der Waals surface area contributed by atoms with E-state index < -0.39 is 0 Å². The molecule has 0 aromatic carbocycles. The molecule has 0 bridgehead atoms. The molecule has 0 aromatic heterocycles. The Hall–Kier alpha value is -0.0100. The smallest absolute Gasteiger partial charge is 0.0338 e. The van der Waals surface area contributed by atoms with Gasteiger partial charge in [0.1, 0.15) is 0 Å². The Morgan fingerprint density at radius 3 is 2.33 bits per heavy atom. The third-order valence-corrected chi connectivity index (χ3v) is 3.77. The SMILES string of the molecule is C=C(Cl)CN(CC1CC1)C1CCCCC1. The largest absolute Gasteiger partial charge is 0.295 e. The highest BCUT2D eigenvalue weighted by Gasteiger charge is 2.28. The number of nitrogens with zero attached hydrogens (tertiary/aromatic N) is 1. The van der Waals surface area contributed by atoms with Crippen molar-refractivity contribution < 1.29 is 0 Å². The van der Waals surface area contributed by atoms with Crippen LogP contribution in [0, 0.1) is 5.92 Å². The van der Waals surface area contributed by atoms with E-state index in [2.05, 4.69) is 11.5 Å². The Bertz CT molecular complexity index is 217. The molecule has 15 heavy (non-hydrogen) atoms. The lowest BCUT2D eigenvalue weighted by atomic mass is 9.94. The van der Waals surface area contributed by atoms with Gasteiger partial charge in [-0.2, -0.15) is 0 Å². The van der Waals surface area contributed by atoms with Crippen molar-refractivity contribution in [1.82, 2.24) is 4.90 Å². The van der Waals surface area contributed by atoms with Crippen molar-refractivity contribution >= 4 is 11.6 Å². The fraction of sp³-hybridized carbons (Fsp3) is 0.846. The minimum atomic E-state index is 0.787. The summed E-state index contributed by atoms with van der Waals surface area (Å²) in [5.74, 6) is 0.961. The minimum Gasteiger partial charge on any atom is -0.295 e. The number of rotatable bonds is 5. The molecule has 2 aliphatic carbocycles. The first-order chi connectivity index (χ1) is 7.25. The van der Waals surface area contributed by atoms with Crippen LogP contribution in [0.3, 0.4) is 0 Å².